The third-order valence-electron chi connectivity index (χ3n) is 2.39. The van der Waals surface area contributed by atoms with Crippen molar-refractivity contribution in [1.29, 1.82) is 5.26 Å². The summed E-state index contributed by atoms with van der Waals surface area (Å²) in [7, 11) is 1.82. The minimum Gasteiger partial charge on any atom is -0.286 e. The molecule has 0 radical (unpaired) electrons. The van der Waals surface area contributed by atoms with E-state index in [9.17, 15) is 0 Å². The maximum atomic E-state index is 8.64. The second-order valence-corrected chi connectivity index (χ2v) is 3.80. The second kappa shape index (κ2) is 5.15. The molecule has 0 unspecified atom stereocenters. The Morgan fingerprint density at radius 3 is 2.67 bits per heavy atom. The molecule has 0 aliphatic rings. The van der Waals surface area contributed by atoms with Crippen molar-refractivity contribution in [2.75, 3.05) is 13.1 Å². The Kier molecular flexibility index (Phi) is 4.13. The van der Waals surface area contributed by atoms with Gasteiger partial charge in [-0.25, -0.2) is 0 Å². The Morgan fingerprint density at radius 1 is 1.60 bits per heavy atom. The first-order chi connectivity index (χ1) is 7.10. The van der Waals surface area contributed by atoms with E-state index in [1.54, 1.807) is 4.68 Å². The van der Waals surface area contributed by atoms with Crippen molar-refractivity contribution < 1.29 is 0 Å². The SMILES string of the molecule is CCN(CC#N)Cc1c(C)nn(C)c1Cl. The van der Waals surface area contributed by atoms with Crippen LogP contribution in [0.2, 0.25) is 5.15 Å². The van der Waals surface area contributed by atoms with Crippen molar-refractivity contribution in [3.8, 4) is 6.07 Å². The van der Waals surface area contributed by atoms with Crippen LogP contribution in [0.5, 0.6) is 0 Å². The van der Waals surface area contributed by atoms with Crippen LogP contribution in [0.25, 0.3) is 0 Å². The number of halogens is 1. The molecule has 0 bridgehead atoms. The third-order valence-corrected chi connectivity index (χ3v) is 2.87. The molecule has 0 saturated heterocycles. The lowest BCUT2D eigenvalue weighted by atomic mass is 10.2. The molecule has 82 valence electrons. The van der Waals surface area contributed by atoms with Crippen LogP contribution < -0.4 is 0 Å². The number of hydrogen-bond donors (Lipinski definition) is 0. The van der Waals surface area contributed by atoms with E-state index in [0.29, 0.717) is 18.2 Å². The number of aromatic nitrogens is 2. The number of aryl methyl sites for hydroxylation is 2. The van der Waals surface area contributed by atoms with Gasteiger partial charge in [0.1, 0.15) is 5.15 Å². The van der Waals surface area contributed by atoms with E-state index in [1.807, 2.05) is 25.8 Å². The molecule has 15 heavy (non-hydrogen) atoms. The summed E-state index contributed by atoms with van der Waals surface area (Å²) in [6.45, 7) is 5.89. The van der Waals surface area contributed by atoms with Gasteiger partial charge in [-0.05, 0) is 13.5 Å². The summed E-state index contributed by atoms with van der Waals surface area (Å²) >= 11 is 6.11. The molecule has 0 aliphatic heterocycles. The summed E-state index contributed by atoms with van der Waals surface area (Å²) < 4.78 is 1.66. The summed E-state index contributed by atoms with van der Waals surface area (Å²) in [5.74, 6) is 0. The lowest BCUT2D eigenvalue weighted by Crippen LogP contribution is -2.23. The van der Waals surface area contributed by atoms with Crippen molar-refractivity contribution in [3.05, 3.63) is 16.4 Å². The lowest BCUT2D eigenvalue weighted by Gasteiger charge is -2.16. The van der Waals surface area contributed by atoms with E-state index in [4.69, 9.17) is 16.9 Å². The average molecular weight is 227 g/mol. The summed E-state index contributed by atoms with van der Waals surface area (Å²) in [5, 5.41) is 13.5. The first kappa shape index (κ1) is 12.0. The van der Waals surface area contributed by atoms with E-state index in [1.165, 1.54) is 0 Å². The van der Waals surface area contributed by atoms with Crippen LogP contribution in [0.1, 0.15) is 18.2 Å². The molecular formula is C10H15ClN4. The minimum absolute atomic E-state index is 0.418. The molecule has 0 N–H and O–H groups in total. The molecule has 0 fully saturated rings. The fourth-order valence-corrected chi connectivity index (χ4v) is 1.69. The highest BCUT2D eigenvalue weighted by Gasteiger charge is 2.13. The average Bonchev–Trinajstić information content (AvgIpc) is 2.44. The molecule has 0 aliphatic carbocycles. The molecule has 0 aromatic carbocycles. The smallest absolute Gasteiger partial charge is 0.131 e. The van der Waals surface area contributed by atoms with Gasteiger partial charge in [-0.15, -0.1) is 0 Å². The largest absolute Gasteiger partial charge is 0.286 e. The number of nitrogens with zero attached hydrogens (tertiary/aromatic N) is 4. The van der Waals surface area contributed by atoms with Crippen LogP contribution in [0.4, 0.5) is 0 Å². The van der Waals surface area contributed by atoms with Crippen LogP contribution in [0.3, 0.4) is 0 Å². The van der Waals surface area contributed by atoms with Crippen molar-refractivity contribution in [2.24, 2.45) is 7.05 Å². The Morgan fingerprint density at radius 2 is 2.27 bits per heavy atom. The monoisotopic (exact) mass is 226 g/mol. The molecule has 0 spiro atoms. The molecule has 1 rings (SSSR count). The zero-order valence-electron chi connectivity index (χ0n) is 9.29. The zero-order valence-corrected chi connectivity index (χ0v) is 10.0. The Labute approximate surface area is 95.0 Å². The van der Waals surface area contributed by atoms with Crippen molar-refractivity contribution >= 4 is 11.6 Å². The molecule has 1 aromatic rings. The predicted molar refractivity (Wildman–Crippen MR) is 59.5 cm³/mol. The molecule has 0 atom stereocenters. The fourth-order valence-electron chi connectivity index (χ4n) is 1.46. The van der Waals surface area contributed by atoms with Gasteiger partial charge in [-0.3, -0.25) is 9.58 Å². The van der Waals surface area contributed by atoms with Gasteiger partial charge in [0, 0.05) is 19.2 Å². The molecule has 1 heterocycles. The molecule has 1 aromatic heterocycles. The second-order valence-electron chi connectivity index (χ2n) is 3.44. The Hall–Kier alpha value is -1.05. The number of nitriles is 1. The van der Waals surface area contributed by atoms with Crippen LogP contribution in [-0.2, 0) is 13.6 Å². The van der Waals surface area contributed by atoms with Gasteiger partial charge in [0.2, 0.25) is 0 Å². The van der Waals surface area contributed by atoms with E-state index in [2.05, 4.69) is 11.2 Å². The normalized spacial score (nSPS) is 10.7. The highest BCUT2D eigenvalue weighted by atomic mass is 35.5. The van der Waals surface area contributed by atoms with Gasteiger partial charge in [0.15, 0.2) is 0 Å². The van der Waals surface area contributed by atoms with Crippen LogP contribution in [0, 0.1) is 18.3 Å². The molecule has 0 amide bonds. The zero-order chi connectivity index (χ0) is 11.4. The van der Waals surface area contributed by atoms with Crippen LogP contribution in [-0.4, -0.2) is 27.8 Å². The Bertz CT molecular complexity index is 378. The van der Waals surface area contributed by atoms with Gasteiger partial charge < -0.3 is 0 Å². The van der Waals surface area contributed by atoms with Gasteiger partial charge in [-0.2, -0.15) is 10.4 Å². The summed E-state index contributed by atoms with van der Waals surface area (Å²) in [4.78, 5) is 2.02. The third kappa shape index (κ3) is 2.71. The topological polar surface area (TPSA) is 44.9 Å². The summed E-state index contributed by atoms with van der Waals surface area (Å²) in [6.07, 6.45) is 0. The molecule has 4 nitrogen and oxygen atoms in total. The van der Waals surface area contributed by atoms with Gasteiger partial charge >= 0.3 is 0 Å². The predicted octanol–water partition coefficient (Wildman–Crippen LogP) is 1.73. The molecular weight excluding hydrogens is 212 g/mol. The van der Waals surface area contributed by atoms with Crippen molar-refractivity contribution in [1.82, 2.24) is 14.7 Å². The first-order valence-corrected chi connectivity index (χ1v) is 5.25. The summed E-state index contributed by atoms with van der Waals surface area (Å²) in [5.41, 5.74) is 1.94. The van der Waals surface area contributed by atoms with E-state index < -0.39 is 0 Å². The van der Waals surface area contributed by atoms with Gasteiger partial charge in [0.25, 0.3) is 0 Å². The Balaban J connectivity index is 2.83. The maximum Gasteiger partial charge on any atom is 0.131 e. The highest BCUT2D eigenvalue weighted by Crippen LogP contribution is 2.20. The standard InChI is InChI=1S/C10H15ClN4/c1-4-15(6-5-12)7-9-8(2)13-14(3)10(9)11/h4,6-7H2,1-3H3. The lowest BCUT2D eigenvalue weighted by molar-refractivity contribution is 0.314. The first-order valence-electron chi connectivity index (χ1n) is 4.87. The maximum absolute atomic E-state index is 8.64. The number of rotatable bonds is 4. The van der Waals surface area contributed by atoms with Crippen molar-refractivity contribution in [3.63, 3.8) is 0 Å². The van der Waals surface area contributed by atoms with E-state index in [0.717, 1.165) is 17.8 Å². The molecule has 5 heteroatoms. The number of hydrogen-bond acceptors (Lipinski definition) is 3. The van der Waals surface area contributed by atoms with Gasteiger partial charge in [-0.1, -0.05) is 18.5 Å². The molecule has 0 saturated carbocycles. The van der Waals surface area contributed by atoms with Crippen molar-refractivity contribution in [2.45, 2.75) is 20.4 Å². The fraction of sp³-hybridized carbons (Fsp3) is 0.600. The van der Waals surface area contributed by atoms with E-state index >= 15 is 0 Å². The van der Waals surface area contributed by atoms with Gasteiger partial charge in [0.05, 0.1) is 18.3 Å². The highest BCUT2D eigenvalue weighted by molar-refractivity contribution is 6.30. The van der Waals surface area contributed by atoms with Crippen LogP contribution in [0.15, 0.2) is 0 Å². The minimum atomic E-state index is 0.418. The summed E-state index contributed by atoms with van der Waals surface area (Å²) in [6, 6.07) is 2.14. The van der Waals surface area contributed by atoms with Crippen LogP contribution >= 0.6 is 11.6 Å². The quantitative estimate of drug-likeness (QED) is 0.735. The van der Waals surface area contributed by atoms with E-state index in [-0.39, 0.29) is 0 Å².